The second-order valence-corrected chi connectivity index (χ2v) is 33.9. The van der Waals surface area contributed by atoms with Crippen LogP contribution in [0, 0.1) is 29.6 Å². The van der Waals surface area contributed by atoms with Crippen molar-refractivity contribution in [3.63, 3.8) is 0 Å². The number of epoxide rings is 1. The highest BCUT2D eigenvalue weighted by molar-refractivity contribution is 7.92. The van der Waals surface area contributed by atoms with E-state index in [4.69, 9.17) is 55.2 Å². The maximum atomic E-state index is 14.5. The number of nitrogens with zero attached hydrogens (tertiary/aromatic N) is 2. The molecule has 0 aromatic heterocycles. The van der Waals surface area contributed by atoms with Gasteiger partial charge in [-0.15, -0.1) is 0 Å². The zero-order chi connectivity index (χ0) is 82.7. The highest BCUT2D eigenvalue weighted by Gasteiger charge is 2.64. The third-order valence-corrected chi connectivity index (χ3v) is 23.9. The Morgan fingerprint density at radius 1 is 0.793 bits per heavy atom. The van der Waals surface area contributed by atoms with Crippen LogP contribution < -0.4 is 42.0 Å². The summed E-state index contributed by atoms with van der Waals surface area (Å²) in [5.41, 5.74) is 3.91. The van der Waals surface area contributed by atoms with Gasteiger partial charge in [-0.1, -0.05) is 86.9 Å². The number of urea groups is 1. The van der Waals surface area contributed by atoms with Crippen LogP contribution in [0.5, 0.6) is 5.75 Å². The number of aliphatic hydroxyl groups is 1. The number of likely N-dealkylation sites (N-methyl/N-ethyl adjacent to an activating group) is 1. The fourth-order valence-corrected chi connectivity index (χ4v) is 16.7. The van der Waals surface area contributed by atoms with Gasteiger partial charge in [0.15, 0.2) is 42.7 Å². The van der Waals surface area contributed by atoms with E-state index < -0.39 is 198 Å². The van der Waals surface area contributed by atoms with E-state index in [0.717, 1.165) is 11.1 Å². The number of nitrogens with two attached hydrogens (primary N) is 1. The minimum Gasteiger partial charge on any atom is -0.495 e. The molecule has 1 unspecified atom stereocenters. The number of unbranched alkanes of at least 4 members (excludes halogenated alkanes) is 2. The van der Waals surface area contributed by atoms with Crippen molar-refractivity contribution in [3.05, 3.63) is 81.9 Å². The number of Topliss-reactive ketones (excluding diaryl/α,β-unsaturated/α-hetero) is 3. The predicted molar refractivity (Wildman–Crippen MR) is 411 cm³/mol. The summed E-state index contributed by atoms with van der Waals surface area (Å²) in [7, 11) is 1.89. The molecule has 35 heteroatoms. The Bertz CT molecular complexity index is 3840. The molecule has 0 radical (unpaired) electrons. The number of amides is 8. The Balaban J connectivity index is 1.21. The minimum absolute atomic E-state index is 0.0202. The molecular formula is C76H113ClN8O24S2. The van der Waals surface area contributed by atoms with Crippen molar-refractivity contribution in [3.8, 4) is 5.75 Å². The minimum atomic E-state index is -3.96. The summed E-state index contributed by atoms with van der Waals surface area (Å²) in [5.74, 6) is -12.2. The number of rotatable bonds is 43. The third-order valence-electron chi connectivity index (χ3n) is 20.2. The second-order valence-electron chi connectivity index (χ2n) is 29.1. The van der Waals surface area contributed by atoms with Crippen molar-refractivity contribution in [1.82, 2.24) is 31.5 Å². The molecule has 620 valence electrons. The van der Waals surface area contributed by atoms with Crippen LogP contribution in [0.25, 0.3) is 0 Å². The van der Waals surface area contributed by atoms with Crippen molar-refractivity contribution in [1.29, 1.82) is 0 Å². The first kappa shape index (κ1) is 93.6. The third kappa shape index (κ3) is 28.6. The molecule has 0 aliphatic carbocycles. The van der Waals surface area contributed by atoms with E-state index in [-0.39, 0.29) is 101 Å². The van der Waals surface area contributed by atoms with Crippen LogP contribution >= 0.6 is 11.6 Å². The number of primary amides is 1. The topological polar surface area (TPSA) is 446 Å². The van der Waals surface area contributed by atoms with Gasteiger partial charge in [-0.25, -0.2) is 31.2 Å². The van der Waals surface area contributed by atoms with E-state index in [0.29, 0.717) is 37.1 Å². The van der Waals surface area contributed by atoms with Crippen molar-refractivity contribution in [2.75, 3.05) is 117 Å². The number of esters is 1. The SMILES string of the molecule is COCCNC(=O)[C@H](CCC(=O)N[C@H](C(=O)C[C@@H](CCCNC(N)=O)C(=O)NCCCCCC(=O)N(C)[C@@H](C)C(=O)O[C@H]1CC(=O)N(C)c2cc(cc(OC)c2Cl)C/C(C)=C/C=C/[C@@H](OC)[C@]2(O)CC(OC(=O)N2)[C@@H](C)[C@H]2O[C@@]12C)C(C)C)CC(=O)c1ccc(C(=O)C(CS(=O)(=O)CCOC)CS(=O)(=O)CCOC)cc1. The average Bonchev–Trinajstić information content (AvgIpc) is 1.57. The fraction of sp³-hybridized carbons (Fsp3) is 0.645. The number of anilines is 1. The smallest absolute Gasteiger partial charge is 0.409 e. The number of nitrogens with one attached hydrogen (secondary N) is 5. The number of carbonyl (C=O) groups excluding carboxylic acids is 11. The van der Waals surface area contributed by atoms with Crippen molar-refractivity contribution in [2.24, 2.45) is 35.3 Å². The molecule has 0 spiro atoms. The molecule has 3 aliphatic rings. The Morgan fingerprint density at radius 3 is 1.99 bits per heavy atom. The van der Waals surface area contributed by atoms with E-state index in [1.807, 2.05) is 13.0 Å². The van der Waals surface area contributed by atoms with Crippen LogP contribution in [-0.2, 0) is 92.8 Å². The highest BCUT2D eigenvalue weighted by Crippen LogP contribution is 2.49. The van der Waals surface area contributed by atoms with Gasteiger partial charge in [0.25, 0.3) is 0 Å². The zero-order valence-corrected chi connectivity index (χ0v) is 68.2. The molecule has 32 nitrogen and oxygen atoms in total. The lowest BCUT2D eigenvalue weighted by molar-refractivity contribution is -0.162. The molecule has 2 saturated heterocycles. The van der Waals surface area contributed by atoms with Gasteiger partial charge >= 0.3 is 18.1 Å². The highest BCUT2D eigenvalue weighted by atomic mass is 35.5. The first-order valence-electron chi connectivity index (χ1n) is 37.1. The van der Waals surface area contributed by atoms with Crippen LogP contribution in [0.4, 0.5) is 15.3 Å². The van der Waals surface area contributed by atoms with Gasteiger partial charge < -0.3 is 79.8 Å². The number of halogens is 1. The van der Waals surface area contributed by atoms with Gasteiger partial charge in [-0.05, 0) is 82.9 Å². The predicted octanol–water partition coefficient (Wildman–Crippen LogP) is 4.71. The zero-order valence-electron chi connectivity index (χ0n) is 65.8. The van der Waals surface area contributed by atoms with Crippen LogP contribution in [0.1, 0.15) is 145 Å². The van der Waals surface area contributed by atoms with Gasteiger partial charge in [-0.2, -0.15) is 0 Å². The molecule has 111 heavy (non-hydrogen) atoms. The van der Waals surface area contributed by atoms with Gasteiger partial charge in [-0.3, -0.25) is 43.7 Å². The van der Waals surface area contributed by atoms with E-state index in [1.165, 1.54) is 90.6 Å². The molecule has 2 fully saturated rings. The summed E-state index contributed by atoms with van der Waals surface area (Å²) in [6.07, 6.45) is 0.235. The van der Waals surface area contributed by atoms with Crippen LogP contribution in [0.2, 0.25) is 5.02 Å². The summed E-state index contributed by atoms with van der Waals surface area (Å²) in [5, 5.41) is 25.4. The Morgan fingerprint density at radius 2 is 1.40 bits per heavy atom. The standard InChI is InChI=1S/C76H113ClN8O24S2/c1-46(2)67(82-63(88)28-27-54(71(93)80-31-32-102-9)40-57(86)51-23-25-52(26-24-51)68(91)55(44-110(98,99)35-33-103-10)45-111(100,101)36-34-104-11)58(87)41-53(20-18-30-81-73(78)95)70(92)79-29-16-14-15-22-64(89)84(7)49(5)72(94)108-62-42-65(90)85(8)56-38-50(39-59(105-12)66(56)77)37-47(3)19-17-21-61(106-13)76(97)43-60(107-74(96)83-76)48(4)69-75(62,6)109-69/h17,19,21,23-26,38-39,46,48-49,53-55,60-62,67,69,97H,14-16,18,20,22,27-37,40-45H2,1-13H3,(H,79,92)(H,80,93)(H,82,88)(H,83,96)(H3,78,81,95)/b21-17+,47-19+/t48-,49+,53-,54-,60?,61-,62+,67+,69-,75+,76-/m1/s1. The van der Waals surface area contributed by atoms with Crippen molar-refractivity contribution >= 4 is 102 Å². The summed E-state index contributed by atoms with van der Waals surface area (Å²) in [4.78, 5) is 153. The van der Waals surface area contributed by atoms with E-state index in [1.54, 1.807) is 52.0 Å². The number of hydrogen-bond donors (Lipinski definition) is 7. The van der Waals surface area contributed by atoms with Gasteiger partial charge in [0.05, 0.1) is 80.1 Å². The number of allylic oxidation sites excluding steroid dienone is 3. The quantitative estimate of drug-likeness (QED) is 0.0204. The number of alkyl carbamates (subject to hydrolysis) is 1. The van der Waals surface area contributed by atoms with Crippen molar-refractivity contribution < 1.29 is 113 Å². The first-order chi connectivity index (χ1) is 52.3. The lowest BCUT2D eigenvalue weighted by atomic mass is 9.83. The molecular weight excluding hydrogens is 1510 g/mol. The lowest BCUT2D eigenvalue weighted by Gasteiger charge is -2.42. The monoisotopic (exact) mass is 1620 g/mol. The van der Waals surface area contributed by atoms with E-state index >= 15 is 0 Å². The molecule has 2 aromatic rings. The Hall–Kier alpha value is -7.96. The number of benzene rings is 2. The number of carbonyl (C=O) groups is 11. The molecule has 3 aliphatic heterocycles. The van der Waals surface area contributed by atoms with Gasteiger partial charge in [0.1, 0.15) is 40.7 Å². The second kappa shape index (κ2) is 43.9. The summed E-state index contributed by atoms with van der Waals surface area (Å²) in [6, 6.07) is 5.51. The van der Waals surface area contributed by atoms with Crippen LogP contribution in [-0.4, -0.2) is 252 Å². The van der Waals surface area contributed by atoms with Gasteiger partial charge in [0.2, 0.25) is 29.5 Å². The molecule has 5 rings (SSSR count). The molecule has 8 amide bonds. The summed E-state index contributed by atoms with van der Waals surface area (Å²) >= 11 is 6.86. The maximum absolute atomic E-state index is 14.5. The van der Waals surface area contributed by atoms with E-state index in [2.05, 4.69) is 26.6 Å². The fourth-order valence-electron chi connectivity index (χ4n) is 13.3. The maximum Gasteiger partial charge on any atom is 0.409 e. The number of methoxy groups -OCH3 is 5. The molecule has 4 bridgehead atoms. The molecule has 3 heterocycles. The van der Waals surface area contributed by atoms with Crippen molar-refractivity contribution in [2.45, 2.75) is 173 Å². The Labute approximate surface area is 655 Å². The summed E-state index contributed by atoms with van der Waals surface area (Å²) < 4.78 is 96.2. The molecule has 2 aromatic carbocycles. The number of fused-ring (bicyclic) bond motifs is 5. The first-order valence-corrected chi connectivity index (χ1v) is 41.1. The number of ether oxygens (including phenoxy) is 8. The number of sulfone groups is 2. The van der Waals surface area contributed by atoms with Crippen LogP contribution in [0.3, 0.4) is 0 Å². The van der Waals surface area contributed by atoms with Gasteiger partial charge in [0, 0.05) is 123 Å². The number of ketones is 3. The Kier molecular flexibility index (Phi) is 37.0. The van der Waals surface area contributed by atoms with Crippen LogP contribution in [0.15, 0.2) is 60.2 Å². The molecule has 8 N–H and O–H groups in total. The normalized spacial score (nSPS) is 22.0. The largest absolute Gasteiger partial charge is 0.495 e. The average molecular weight is 1620 g/mol. The molecule has 0 saturated carbocycles. The number of hydrogen-bond acceptors (Lipinski definition) is 24. The lowest BCUT2D eigenvalue weighted by Crippen LogP contribution is -2.63. The van der Waals surface area contributed by atoms with E-state index in [9.17, 15) is 74.7 Å². The molecule has 11 atom stereocenters. The summed E-state index contributed by atoms with van der Waals surface area (Å²) in [6.45, 7) is 10.2.